The zero-order chi connectivity index (χ0) is 26.9. The molecule has 0 aliphatic carbocycles. The van der Waals surface area contributed by atoms with Gasteiger partial charge in [-0.3, -0.25) is 13.9 Å². The monoisotopic (exact) mass is 557 g/mol. The molecule has 11 heteroatoms. The summed E-state index contributed by atoms with van der Waals surface area (Å²) in [6.07, 6.45) is 3.04. The highest BCUT2D eigenvalue weighted by molar-refractivity contribution is 7.92. The number of benzene rings is 2. The van der Waals surface area contributed by atoms with E-state index in [1.807, 2.05) is 6.92 Å². The molecule has 2 aromatic rings. The van der Waals surface area contributed by atoms with Crippen molar-refractivity contribution in [2.45, 2.75) is 45.7 Å². The largest absolute Gasteiger partial charge is 0.497 e. The van der Waals surface area contributed by atoms with Gasteiger partial charge in [0.15, 0.2) is 0 Å². The Morgan fingerprint density at radius 2 is 1.67 bits per heavy atom. The second-order valence-corrected chi connectivity index (χ2v) is 11.0. The number of halogens is 2. The van der Waals surface area contributed by atoms with E-state index in [0.29, 0.717) is 40.0 Å². The van der Waals surface area contributed by atoms with E-state index in [2.05, 4.69) is 5.32 Å². The van der Waals surface area contributed by atoms with Gasteiger partial charge in [-0.05, 0) is 49.2 Å². The van der Waals surface area contributed by atoms with Crippen molar-refractivity contribution in [3.63, 3.8) is 0 Å². The van der Waals surface area contributed by atoms with Crippen molar-refractivity contribution in [1.82, 2.24) is 10.2 Å². The Morgan fingerprint density at radius 3 is 2.17 bits per heavy atom. The van der Waals surface area contributed by atoms with Gasteiger partial charge >= 0.3 is 0 Å². The first kappa shape index (κ1) is 29.7. The maximum absolute atomic E-state index is 13.7. The van der Waals surface area contributed by atoms with Gasteiger partial charge in [0, 0.05) is 28.7 Å². The summed E-state index contributed by atoms with van der Waals surface area (Å²) in [5.74, 6) is -0.342. The van der Waals surface area contributed by atoms with Crippen molar-refractivity contribution in [2.75, 3.05) is 30.8 Å². The molecular formula is C25H33Cl2N3O5S. The van der Waals surface area contributed by atoms with E-state index in [9.17, 15) is 18.0 Å². The third kappa shape index (κ3) is 8.01. The average Bonchev–Trinajstić information content (AvgIpc) is 2.83. The van der Waals surface area contributed by atoms with Crippen LogP contribution in [0.25, 0.3) is 0 Å². The lowest BCUT2D eigenvalue weighted by Crippen LogP contribution is -2.52. The van der Waals surface area contributed by atoms with Crippen LogP contribution in [0.3, 0.4) is 0 Å². The number of carbonyl (C=O) groups excluding carboxylic acids is 2. The molecule has 0 saturated carbocycles. The van der Waals surface area contributed by atoms with Gasteiger partial charge in [-0.25, -0.2) is 8.42 Å². The van der Waals surface area contributed by atoms with Gasteiger partial charge in [0.1, 0.15) is 18.3 Å². The van der Waals surface area contributed by atoms with Crippen LogP contribution in [0.1, 0.15) is 38.7 Å². The molecule has 1 N–H and O–H groups in total. The summed E-state index contributed by atoms with van der Waals surface area (Å²) in [6.45, 7) is 3.71. The van der Waals surface area contributed by atoms with Crippen LogP contribution in [0, 0.1) is 0 Å². The molecule has 0 radical (unpaired) electrons. The number of ether oxygens (including phenoxy) is 1. The fraction of sp³-hybridized carbons (Fsp3) is 0.440. The van der Waals surface area contributed by atoms with Crippen molar-refractivity contribution in [1.29, 1.82) is 0 Å². The number of carbonyl (C=O) groups is 2. The first-order chi connectivity index (χ1) is 17.0. The second-order valence-electron chi connectivity index (χ2n) is 8.26. The fourth-order valence-electron chi connectivity index (χ4n) is 3.64. The number of unbranched alkanes of at least 4 members (excludes halogenated alkanes) is 1. The summed E-state index contributed by atoms with van der Waals surface area (Å²) in [7, 11) is -2.33. The number of anilines is 1. The quantitative estimate of drug-likeness (QED) is 0.366. The number of hydrogen-bond acceptors (Lipinski definition) is 5. The normalized spacial score (nSPS) is 12.1. The summed E-state index contributed by atoms with van der Waals surface area (Å²) in [6, 6.07) is 10.4. The van der Waals surface area contributed by atoms with Gasteiger partial charge in [-0.1, -0.05) is 49.5 Å². The van der Waals surface area contributed by atoms with Gasteiger partial charge in [-0.15, -0.1) is 0 Å². The number of sulfonamides is 1. The molecule has 2 rings (SSSR count). The highest BCUT2D eigenvalue weighted by Gasteiger charge is 2.32. The van der Waals surface area contributed by atoms with Crippen LogP contribution < -0.4 is 14.4 Å². The van der Waals surface area contributed by atoms with Crippen molar-refractivity contribution in [3.05, 3.63) is 58.1 Å². The first-order valence-electron chi connectivity index (χ1n) is 11.6. The lowest BCUT2D eigenvalue weighted by Gasteiger charge is -2.33. The number of nitrogens with zero attached hydrogens (tertiary/aromatic N) is 2. The summed E-state index contributed by atoms with van der Waals surface area (Å²) in [5.41, 5.74) is 0.771. The van der Waals surface area contributed by atoms with E-state index >= 15 is 0 Å². The van der Waals surface area contributed by atoms with E-state index in [0.717, 1.165) is 23.4 Å². The minimum Gasteiger partial charge on any atom is -0.497 e. The Hall–Kier alpha value is -2.49. The maximum Gasteiger partial charge on any atom is 0.244 e. The first-order valence-corrected chi connectivity index (χ1v) is 14.3. The molecule has 0 fully saturated rings. The van der Waals surface area contributed by atoms with Crippen LogP contribution in [-0.4, -0.2) is 57.6 Å². The SMILES string of the molecule is CCCCNC(=O)[C@H](CC)N(Cc1c(Cl)cccc1Cl)C(=O)CN(c1ccc(OC)cc1)S(C)(=O)=O. The van der Waals surface area contributed by atoms with Crippen LogP contribution in [0.2, 0.25) is 10.0 Å². The van der Waals surface area contributed by atoms with Crippen LogP contribution in [0.15, 0.2) is 42.5 Å². The zero-order valence-electron chi connectivity index (χ0n) is 21.0. The van der Waals surface area contributed by atoms with Crippen molar-refractivity contribution >= 4 is 50.7 Å². The minimum atomic E-state index is -3.83. The van der Waals surface area contributed by atoms with Crippen molar-refractivity contribution in [3.8, 4) is 5.75 Å². The highest BCUT2D eigenvalue weighted by Crippen LogP contribution is 2.28. The van der Waals surface area contributed by atoms with Crippen LogP contribution >= 0.6 is 23.2 Å². The molecule has 2 amide bonds. The van der Waals surface area contributed by atoms with E-state index in [1.54, 1.807) is 49.4 Å². The lowest BCUT2D eigenvalue weighted by molar-refractivity contribution is -0.140. The summed E-state index contributed by atoms with van der Waals surface area (Å²) < 4.78 is 31.5. The van der Waals surface area contributed by atoms with Gasteiger partial charge < -0.3 is 15.0 Å². The van der Waals surface area contributed by atoms with E-state index in [1.165, 1.54) is 12.0 Å². The van der Waals surface area contributed by atoms with Gasteiger partial charge in [0.05, 0.1) is 19.1 Å². The predicted molar refractivity (Wildman–Crippen MR) is 144 cm³/mol. The highest BCUT2D eigenvalue weighted by atomic mass is 35.5. The van der Waals surface area contributed by atoms with Crippen LogP contribution in [-0.2, 0) is 26.2 Å². The van der Waals surface area contributed by atoms with Gasteiger partial charge in [-0.2, -0.15) is 0 Å². The van der Waals surface area contributed by atoms with Gasteiger partial charge in [0.25, 0.3) is 0 Å². The molecule has 8 nitrogen and oxygen atoms in total. The lowest BCUT2D eigenvalue weighted by atomic mass is 10.1. The molecular weight excluding hydrogens is 525 g/mol. The average molecular weight is 559 g/mol. The maximum atomic E-state index is 13.7. The Labute approximate surface area is 223 Å². The Bertz CT molecular complexity index is 1120. The Morgan fingerprint density at radius 1 is 1.06 bits per heavy atom. The third-order valence-electron chi connectivity index (χ3n) is 5.65. The molecule has 0 aliphatic heterocycles. The smallest absolute Gasteiger partial charge is 0.244 e. The van der Waals surface area contributed by atoms with E-state index in [-0.39, 0.29) is 12.5 Å². The van der Waals surface area contributed by atoms with E-state index < -0.39 is 28.5 Å². The van der Waals surface area contributed by atoms with Crippen LogP contribution in [0.4, 0.5) is 5.69 Å². The molecule has 2 aromatic carbocycles. The standard InChI is InChI=1S/C25H33Cl2N3O5S/c1-5-7-15-28-25(32)23(6-2)29(16-20-21(26)9-8-10-22(20)27)24(31)17-30(36(4,33)34)18-11-13-19(35-3)14-12-18/h8-14,23H,5-7,15-17H2,1-4H3,(H,28,32)/t23-/m0/s1. The summed E-state index contributed by atoms with van der Waals surface area (Å²) >= 11 is 12.7. The third-order valence-corrected chi connectivity index (χ3v) is 7.49. The Kier molecular flexibility index (Phi) is 11.3. The molecule has 0 saturated heterocycles. The number of nitrogens with one attached hydrogen (secondary N) is 1. The summed E-state index contributed by atoms with van der Waals surface area (Å²) in [5, 5.41) is 3.56. The summed E-state index contributed by atoms with van der Waals surface area (Å²) in [4.78, 5) is 28.1. The minimum absolute atomic E-state index is 0.0583. The molecule has 0 aromatic heterocycles. The second kappa shape index (κ2) is 13.7. The number of rotatable bonds is 13. The molecule has 0 unspecified atom stereocenters. The molecule has 0 spiro atoms. The topological polar surface area (TPSA) is 96.0 Å². The fourth-order valence-corrected chi connectivity index (χ4v) is 5.01. The number of methoxy groups -OCH3 is 1. The molecule has 1 atom stereocenters. The number of amides is 2. The molecule has 36 heavy (non-hydrogen) atoms. The predicted octanol–water partition coefficient (Wildman–Crippen LogP) is 4.49. The van der Waals surface area contributed by atoms with Gasteiger partial charge in [0.2, 0.25) is 21.8 Å². The number of hydrogen-bond donors (Lipinski definition) is 1. The zero-order valence-corrected chi connectivity index (χ0v) is 23.3. The molecule has 0 heterocycles. The molecule has 198 valence electrons. The Balaban J connectivity index is 2.45. The van der Waals surface area contributed by atoms with E-state index in [4.69, 9.17) is 27.9 Å². The van der Waals surface area contributed by atoms with Crippen molar-refractivity contribution in [2.24, 2.45) is 0 Å². The molecule has 0 aliphatic rings. The van der Waals surface area contributed by atoms with Crippen molar-refractivity contribution < 1.29 is 22.7 Å². The van der Waals surface area contributed by atoms with Crippen LogP contribution in [0.5, 0.6) is 5.75 Å². The molecule has 0 bridgehead atoms.